The number of anilines is 6. The summed E-state index contributed by atoms with van der Waals surface area (Å²) in [5.41, 5.74) is 9.84. The van der Waals surface area contributed by atoms with Crippen molar-refractivity contribution >= 4 is 57.6 Å². The summed E-state index contributed by atoms with van der Waals surface area (Å²) < 4.78 is 32.6. The zero-order chi connectivity index (χ0) is 33.9. The van der Waals surface area contributed by atoms with Gasteiger partial charge >= 0.3 is 0 Å². The third kappa shape index (κ3) is 4.77. The third-order valence-electron chi connectivity index (χ3n) is 9.53. The molecule has 0 aromatic heterocycles. The second kappa shape index (κ2) is 12.2. The van der Waals surface area contributed by atoms with Crippen molar-refractivity contribution in [1.82, 2.24) is 0 Å². The first-order valence-corrected chi connectivity index (χ1v) is 18.1. The van der Waals surface area contributed by atoms with Crippen molar-refractivity contribution in [2.75, 3.05) is 9.80 Å². The van der Waals surface area contributed by atoms with Gasteiger partial charge in [-0.05, 0) is 85.6 Å². The van der Waals surface area contributed by atoms with Gasteiger partial charge in [-0.15, -0.1) is 0 Å². The van der Waals surface area contributed by atoms with Crippen LogP contribution < -0.4 is 9.80 Å². The van der Waals surface area contributed by atoms with Gasteiger partial charge in [0.1, 0.15) is 11.6 Å². The minimum absolute atomic E-state index is 0.332. The summed E-state index contributed by atoms with van der Waals surface area (Å²) in [4.78, 5) is 8.99. The second-order valence-electron chi connectivity index (χ2n) is 12.4. The Morgan fingerprint density at radius 3 is 1.02 bits per heavy atom. The molecule has 6 heteroatoms. The van der Waals surface area contributed by atoms with Gasteiger partial charge in [0, 0.05) is 41.8 Å². The van der Waals surface area contributed by atoms with E-state index in [4.69, 9.17) is 0 Å². The lowest BCUT2D eigenvalue weighted by atomic mass is 9.85. The first kappa shape index (κ1) is 30.7. The van der Waals surface area contributed by atoms with Gasteiger partial charge in [0.2, 0.25) is 0 Å². The average molecular weight is 689 g/mol. The number of nitrogens with zero attached hydrogens (tertiary/aromatic N) is 2. The van der Waals surface area contributed by atoms with Crippen LogP contribution in [-0.4, -0.2) is 0 Å². The molecule has 242 valence electrons. The SMILES string of the molecule is Cc1c(-c2ccccc2F)c(N2c3ccccc3Sc3ccccc32)c(C)c(N2c3ccccc3Sc3ccccc32)c1-c1ccccc1F. The van der Waals surface area contributed by atoms with Crippen LogP contribution in [-0.2, 0) is 0 Å². The predicted octanol–water partition coefficient (Wildman–Crippen LogP) is 13.8. The summed E-state index contributed by atoms with van der Waals surface area (Å²) in [6.07, 6.45) is 0. The Kier molecular flexibility index (Phi) is 7.52. The number of halogens is 2. The van der Waals surface area contributed by atoms with Crippen molar-refractivity contribution in [2.45, 2.75) is 33.4 Å². The van der Waals surface area contributed by atoms with Crippen LogP contribution in [0.2, 0.25) is 0 Å². The van der Waals surface area contributed by atoms with E-state index in [2.05, 4.69) is 89.5 Å². The molecule has 0 atom stereocenters. The van der Waals surface area contributed by atoms with Crippen LogP contribution in [0.4, 0.5) is 42.9 Å². The van der Waals surface area contributed by atoms with Gasteiger partial charge in [0.05, 0.1) is 34.1 Å². The van der Waals surface area contributed by atoms with Gasteiger partial charge in [-0.3, -0.25) is 0 Å². The molecule has 7 aromatic rings. The lowest BCUT2D eigenvalue weighted by molar-refractivity contribution is 0.631. The molecule has 0 spiro atoms. The predicted molar refractivity (Wildman–Crippen MR) is 204 cm³/mol. The molecule has 0 saturated carbocycles. The molecule has 50 heavy (non-hydrogen) atoms. The minimum atomic E-state index is -0.332. The molecule has 0 fully saturated rings. The van der Waals surface area contributed by atoms with Crippen LogP contribution in [0.15, 0.2) is 165 Å². The molecule has 0 amide bonds. The van der Waals surface area contributed by atoms with Crippen molar-refractivity contribution < 1.29 is 8.78 Å². The summed E-state index contributed by atoms with van der Waals surface area (Å²) in [6.45, 7) is 4.13. The molecule has 9 rings (SSSR count). The quantitative estimate of drug-likeness (QED) is 0.181. The van der Waals surface area contributed by atoms with Crippen LogP contribution in [0, 0.1) is 25.5 Å². The van der Waals surface area contributed by atoms with Crippen LogP contribution >= 0.6 is 23.5 Å². The van der Waals surface area contributed by atoms with E-state index in [1.807, 2.05) is 55.5 Å². The smallest absolute Gasteiger partial charge is 0.131 e. The lowest BCUT2D eigenvalue weighted by Crippen LogP contribution is -2.22. The van der Waals surface area contributed by atoms with E-state index in [0.717, 1.165) is 76.0 Å². The molecule has 0 aliphatic carbocycles. The van der Waals surface area contributed by atoms with E-state index < -0.39 is 0 Å². The van der Waals surface area contributed by atoms with Crippen LogP contribution in [0.3, 0.4) is 0 Å². The van der Waals surface area contributed by atoms with Gasteiger partial charge in [0.15, 0.2) is 0 Å². The van der Waals surface area contributed by atoms with E-state index in [1.54, 1.807) is 35.7 Å². The first-order valence-electron chi connectivity index (χ1n) is 16.5. The van der Waals surface area contributed by atoms with Crippen LogP contribution in [0.1, 0.15) is 11.1 Å². The highest BCUT2D eigenvalue weighted by molar-refractivity contribution is 8.00. The molecule has 0 bridgehead atoms. The topological polar surface area (TPSA) is 6.48 Å². The molecule has 0 N–H and O–H groups in total. The Hall–Kier alpha value is -5.30. The summed E-state index contributed by atoms with van der Waals surface area (Å²) in [7, 11) is 0. The number of benzene rings is 7. The molecule has 2 heterocycles. The Morgan fingerprint density at radius 1 is 0.380 bits per heavy atom. The van der Waals surface area contributed by atoms with Crippen molar-refractivity contribution in [3.05, 3.63) is 168 Å². The fraction of sp³-hybridized carbons (Fsp3) is 0.0455. The normalized spacial score (nSPS) is 13.0. The standard InChI is InChI=1S/C44H30F2N2S2/c1-27-41(29-15-3-5-17-31(29)45)43(47-33-19-7-11-23-37(33)49-38-24-12-8-20-34(38)47)28(2)44(42(27)30-16-4-6-18-32(30)46)48-35-21-9-13-25-39(35)50-40-26-14-10-22-36(40)48/h3-26H,1-2H3. The van der Waals surface area contributed by atoms with Gasteiger partial charge in [-0.2, -0.15) is 0 Å². The van der Waals surface area contributed by atoms with Crippen molar-refractivity contribution in [1.29, 1.82) is 0 Å². The van der Waals surface area contributed by atoms with E-state index in [1.165, 1.54) is 12.1 Å². The van der Waals surface area contributed by atoms with Gasteiger partial charge in [0.25, 0.3) is 0 Å². The molecule has 2 nitrogen and oxygen atoms in total. The Labute approximate surface area is 299 Å². The molecule has 0 radical (unpaired) electrons. The van der Waals surface area contributed by atoms with Crippen LogP contribution in [0.5, 0.6) is 0 Å². The molecule has 2 aliphatic heterocycles. The fourth-order valence-corrected chi connectivity index (χ4v) is 9.52. The number of rotatable bonds is 4. The highest BCUT2D eigenvalue weighted by Gasteiger charge is 2.36. The Bertz CT molecular complexity index is 2220. The summed E-state index contributed by atoms with van der Waals surface area (Å²) in [6, 6.07) is 47.3. The monoisotopic (exact) mass is 688 g/mol. The highest BCUT2D eigenvalue weighted by Crippen LogP contribution is 2.60. The summed E-state index contributed by atoms with van der Waals surface area (Å²) >= 11 is 3.47. The minimum Gasteiger partial charge on any atom is -0.307 e. The van der Waals surface area contributed by atoms with Gasteiger partial charge in [-0.1, -0.05) is 108 Å². The van der Waals surface area contributed by atoms with Crippen molar-refractivity contribution in [3.63, 3.8) is 0 Å². The maximum absolute atomic E-state index is 16.3. The number of hydrogen-bond acceptors (Lipinski definition) is 4. The highest BCUT2D eigenvalue weighted by atomic mass is 32.2. The second-order valence-corrected chi connectivity index (χ2v) is 14.6. The van der Waals surface area contributed by atoms with E-state index in [9.17, 15) is 0 Å². The molecule has 0 unspecified atom stereocenters. The van der Waals surface area contributed by atoms with Crippen molar-refractivity contribution in [3.8, 4) is 22.3 Å². The third-order valence-corrected chi connectivity index (χ3v) is 11.8. The number of para-hydroxylation sites is 4. The summed E-state index contributed by atoms with van der Waals surface area (Å²) in [5.74, 6) is -0.664. The Balaban J connectivity index is 1.49. The molecular formula is C44H30F2N2S2. The first-order chi connectivity index (χ1) is 24.5. The fourth-order valence-electron chi connectivity index (χ4n) is 7.40. The maximum atomic E-state index is 16.3. The zero-order valence-electron chi connectivity index (χ0n) is 27.3. The number of fused-ring (bicyclic) bond motifs is 4. The van der Waals surface area contributed by atoms with Gasteiger partial charge in [-0.25, -0.2) is 8.78 Å². The average Bonchev–Trinajstić information content (AvgIpc) is 3.14. The van der Waals surface area contributed by atoms with E-state index >= 15 is 8.78 Å². The Morgan fingerprint density at radius 2 is 0.680 bits per heavy atom. The maximum Gasteiger partial charge on any atom is 0.131 e. The number of hydrogen-bond donors (Lipinski definition) is 0. The van der Waals surface area contributed by atoms with E-state index in [-0.39, 0.29) is 11.6 Å². The van der Waals surface area contributed by atoms with E-state index in [0.29, 0.717) is 11.1 Å². The molecule has 0 saturated heterocycles. The largest absolute Gasteiger partial charge is 0.307 e. The van der Waals surface area contributed by atoms with Crippen molar-refractivity contribution in [2.24, 2.45) is 0 Å². The molecule has 2 aliphatic rings. The lowest BCUT2D eigenvalue weighted by Gasteiger charge is -2.40. The summed E-state index contributed by atoms with van der Waals surface area (Å²) in [5, 5.41) is 0. The van der Waals surface area contributed by atoms with Crippen LogP contribution in [0.25, 0.3) is 22.3 Å². The molecular weight excluding hydrogens is 659 g/mol. The molecule has 7 aromatic carbocycles. The zero-order valence-corrected chi connectivity index (χ0v) is 29.0. The van der Waals surface area contributed by atoms with Gasteiger partial charge < -0.3 is 9.80 Å².